The molecule has 2 heterocycles. The Labute approximate surface area is 180 Å². The van der Waals surface area contributed by atoms with Crippen LogP contribution in [-0.2, 0) is 0 Å². The van der Waals surface area contributed by atoms with Crippen molar-refractivity contribution in [2.75, 3.05) is 5.32 Å². The number of carbonyl (C=O) groups is 1. The first-order chi connectivity index (χ1) is 14.0. The zero-order valence-corrected chi connectivity index (χ0v) is 17.7. The van der Waals surface area contributed by atoms with Crippen LogP contribution >= 0.6 is 28.1 Å². The van der Waals surface area contributed by atoms with E-state index in [-0.39, 0.29) is 11.0 Å². The maximum Gasteiger partial charge on any atom is 0.257 e. The molecule has 0 saturated carbocycles. The van der Waals surface area contributed by atoms with E-state index < -0.39 is 0 Å². The molecule has 6 nitrogen and oxygen atoms in total. The molecular weight excluding hydrogens is 452 g/mol. The number of aryl methyl sites for hydroxylation is 1. The predicted octanol–water partition coefficient (Wildman–Crippen LogP) is 5.09. The number of aromatic nitrogens is 2. The van der Waals surface area contributed by atoms with Gasteiger partial charge in [0, 0.05) is 27.5 Å². The molecule has 2 aromatic carbocycles. The molecule has 4 aromatic rings. The first-order valence-corrected chi connectivity index (χ1v) is 9.90. The molecule has 0 atom stereocenters. The number of pyridine rings is 1. The third-order valence-electron chi connectivity index (χ3n) is 4.21. The summed E-state index contributed by atoms with van der Waals surface area (Å²) in [5.41, 5.74) is 4.16. The smallest absolute Gasteiger partial charge is 0.257 e. The fourth-order valence-electron chi connectivity index (χ4n) is 2.74. The van der Waals surface area contributed by atoms with E-state index in [0.717, 1.165) is 21.3 Å². The molecule has 0 aliphatic rings. The molecule has 0 unspecified atom stereocenters. The monoisotopic (exact) mass is 466 g/mol. The third kappa shape index (κ3) is 4.33. The maximum absolute atomic E-state index is 12.4. The van der Waals surface area contributed by atoms with Crippen LogP contribution in [-0.4, -0.2) is 21.0 Å². The Morgan fingerprint density at radius 3 is 2.79 bits per heavy atom. The van der Waals surface area contributed by atoms with Gasteiger partial charge in [-0.1, -0.05) is 28.1 Å². The molecule has 4 rings (SSSR count). The lowest BCUT2D eigenvalue weighted by atomic mass is 10.1. The van der Waals surface area contributed by atoms with Crippen molar-refractivity contribution in [2.24, 2.45) is 0 Å². The number of fused-ring (bicyclic) bond motifs is 1. The average Bonchev–Trinajstić information content (AvgIpc) is 3.14. The molecule has 2 aromatic heterocycles. The lowest BCUT2D eigenvalue weighted by Gasteiger charge is -2.12. The van der Waals surface area contributed by atoms with Crippen LogP contribution in [0.2, 0.25) is 0 Å². The Morgan fingerprint density at radius 1 is 1.14 bits per heavy atom. The predicted molar refractivity (Wildman–Crippen MR) is 120 cm³/mol. The second-order valence-electron chi connectivity index (χ2n) is 6.29. The number of benzene rings is 2. The molecule has 1 amide bonds. The van der Waals surface area contributed by atoms with Gasteiger partial charge in [-0.15, -0.1) is 0 Å². The highest BCUT2D eigenvalue weighted by Gasteiger charge is 2.13. The number of anilines is 1. The van der Waals surface area contributed by atoms with Gasteiger partial charge in [-0.25, -0.2) is 4.98 Å². The summed E-state index contributed by atoms with van der Waals surface area (Å²) in [5.74, 6) is 0.175. The van der Waals surface area contributed by atoms with Gasteiger partial charge in [0.15, 0.2) is 16.3 Å². The summed E-state index contributed by atoms with van der Waals surface area (Å²) < 4.78 is 6.60. The molecule has 29 heavy (non-hydrogen) atoms. The molecule has 0 spiro atoms. The van der Waals surface area contributed by atoms with E-state index in [1.54, 1.807) is 30.5 Å². The molecule has 0 radical (unpaired) electrons. The van der Waals surface area contributed by atoms with Crippen LogP contribution in [0.3, 0.4) is 0 Å². The first kappa shape index (κ1) is 19.2. The molecule has 0 fully saturated rings. The Kier molecular flexibility index (Phi) is 5.37. The van der Waals surface area contributed by atoms with E-state index in [0.29, 0.717) is 22.7 Å². The average molecular weight is 467 g/mol. The summed E-state index contributed by atoms with van der Waals surface area (Å²) in [6.07, 6.45) is 1.67. The zero-order valence-electron chi connectivity index (χ0n) is 15.3. The van der Waals surface area contributed by atoms with Crippen molar-refractivity contribution in [1.82, 2.24) is 15.3 Å². The first-order valence-electron chi connectivity index (χ1n) is 8.70. The van der Waals surface area contributed by atoms with Crippen LogP contribution in [0.5, 0.6) is 0 Å². The normalized spacial score (nSPS) is 10.7. The molecule has 8 heteroatoms. The van der Waals surface area contributed by atoms with Gasteiger partial charge in [-0.05, 0) is 67.2 Å². The summed E-state index contributed by atoms with van der Waals surface area (Å²) in [6.45, 7) is 1.94. The van der Waals surface area contributed by atoms with Crippen LogP contribution in [0.25, 0.3) is 22.7 Å². The fraction of sp³-hybridized carbons (Fsp3) is 0.0476. The molecule has 0 saturated heterocycles. The van der Waals surface area contributed by atoms with Crippen LogP contribution in [0.4, 0.5) is 5.69 Å². The molecule has 144 valence electrons. The minimum atomic E-state index is -0.289. The number of rotatable bonds is 3. The number of halogens is 1. The van der Waals surface area contributed by atoms with Crippen molar-refractivity contribution >= 4 is 56.1 Å². The van der Waals surface area contributed by atoms with E-state index >= 15 is 0 Å². The fourth-order valence-corrected chi connectivity index (χ4v) is 3.34. The highest BCUT2D eigenvalue weighted by Crippen LogP contribution is 2.27. The Balaban J connectivity index is 1.53. The van der Waals surface area contributed by atoms with Crippen molar-refractivity contribution < 1.29 is 9.21 Å². The third-order valence-corrected chi connectivity index (χ3v) is 4.91. The number of nitrogens with zero attached hydrogens (tertiary/aromatic N) is 2. The SMILES string of the molecule is Cc1ccc(-c2nc3ncccc3o2)cc1NC(=S)NC(=O)c1cccc(Br)c1. The van der Waals surface area contributed by atoms with Crippen molar-refractivity contribution in [2.45, 2.75) is 6.92 Å². The van der Waals surface area contributed by atoms with E-state index in [2.05, 4.69) is 36.5 Å². The Bertz CT molecular complexity index is 1210. The molecule has 0 aliphatic heterocycles. The standard InChI is InChI=1S/C21H15BrN4O2S/c1-12-7-8-14(20-25-18-17(28-20)6-3-9-23-18)11-16(12)24-21(29)26-19(27)13-4-2-5-15(22)10-13/h2-11H,1H3,(H2,24,26,27,29). The van der Waals surface area contributed by atoms with Gasteiger partial charge in [0.25, 0.3) is 5.91 Å². The highest BCUT2D eigenvalue weighted by atomic mass is 79.9. The van der Waals surface area contributed by atoms with Crippen molar-refractivity contribution in [3.63, 3.8) is 0 Å². The van der Waals surface area contributed by atoms with Crippen LogP contribution in [0.1, 0.15) is 15.9 Å². The lowest BCUT2D eigenvalue weighted by molar-refractivity contribution is 0.0977. The van der Waals surface area contributed by atoms with Crippen molar-refractivity contribution in [3.05, 3.63) is 76.4 Å². The van der Waals surface area contributed by atoms with Crippen molar-refractivity contribution in [3.8, 4) is 11.5 Å². The van der Waals surface area contributed by atoms with E-state index in [4.69, 9.17) is 16.6 Å². The number of amides is 1. The minimum Gasteiger partial charge on any atom is -0.434 e. The van der Waals surface area contributed by atoms with Crippen molar-refractivity contribution in [1.29, 1.82) is 0 Å². The number of hydrogen-bond acceptors (Lipinski definition) is 5. The van der Waals surface area contributed by atoms with Gasteiger partial charge in [0.05, 0.1) is 0 Å². The number of thiocarbonyl (C=S) groups is 1. The number of hydrogen-bond donors (Lipinski definition) is 2. The second kappa shape index (κ2) is 8.10. The van der Waals surface area contributed by atoms with Gasteiger partial charge >= 0.3 is 0 Å². The van der Waals surface area contributed by atoms with Crippen LogP contribution in [0.15, 0.2) is 69.7 Å². The lowest BCUT2D eigenvalue weighted by Crippen LogP contribution is -2.34. The number of carbonyl (C=O) groups excluding carboxylic acids is 1. The van der Waals surface area contributed by atoms with E-state index in [1.807, 2.05) is 37.3 Å². The van der Waals surface area contributed by atoms with Gasteiger partial charge in [0.1, 0.15) is 0 Å². The largest absolute Gasteiger partial charge is 0.434 e. The summed E-state index contributed by atoms with van der Waals surface area (Å²) in [4.78, 5) is 21.0. The molecule has 2 N–H and O–H groups in total. The van der Waals surface area contributed by atoms with E-state index in [1.165, 1.54) is 0 Å². The second-order valence-corrected chi connectivity index (χ2v) is 7.62. The zero-order chi connectivity index (χ0) is 20.4. The highest BCUT2D eigenvalue weighted by molar-refractivity contribution is 9.10. The summed E-state index contributed by atoms with van der Waals surface area (Å²) >= 11 is 8.67. The Hall–Kier alpha value is -3.10. The van der Waals surface area contributed by atoms with Gasteiger partial charge < -0.3 is 9.73 Å². The van der Waals surface area contributed by atoms with Gasteiger partial charge in [0.2, 0.25) is 5.89 Å². The quantitative estimate of drug-likeness (QED) is 0.409. The van der Waals surface area contributed by atoms with Gasteiger partial charge in [-0.2, -0.15) is 4.98 Å². The number of oxazole rings is 1. The summed E-state index contributed by atoms with van der Waals surface area (Å²) in [7, 11) is 0. The minimum absolute atomic E-state index is 0.203. The number of nitrogens with one attached hydrogen (secondary N) is 2. The van der Waals surface area contributed by atoms with Crippen LogP contribution < -0.4 is 10.6 Å². The summed E-state index contributed by atoms with van der Waals surface area (Å²) in [6, 6.07) is 16.4. The van der Waals surface area contributed by atoms with Crippen LogP contribution in [0, 0.1) is 6.92 Å². The molecule has 0 aliphatic carbocycles. The molecule has 0 bridgehead atoms. The summed E-state index contributed by atoms with van der Waals surface area (Å²) in [5, 5.41) is 5.97. The topological polar surface area (TPSA) is 80.1 Å². The molecular formula is C21H15BrN4O2S. The Morgan fingerprint density at radius 2 is 2.00 bits per heavy atom. The van der Waals surface area contributed by atoms with Gasteiger partial charge in [-0.3, -0.25) is 10.1 Å². The maximum atomic E-state index is 12.4. The van der Waals surface area contributed by atoms with E-state index in [9.17, 15) is 4.79 Å².